The van der Waals surface area contributed by atoms with E-state index in [4.69, 9.17) is 9.47 Å². The van der Waals surface area contributed by atoms with Gasteiger partial charge in [0.25, 0.3) is 0 Å². The minimum atomic E-state index is -3.48. The first-order valence-corrected chi connectivity index (χ1v) is 15.3. The molecule has 0 aromatic heterocycles. The molecule has 0 radical (unpaired) electrons. The maximum Gasteiger partial charge on any atom is 0.243 e. The molecule has 1 saturated heterocycles. The van der Waals surface area contributed by atoms with Gasteiger partial charge in [-0.3, -0.25) is 9.59 Å². The Morgan fingerprint density at radius 1 is 0.902 bits per heavy atom. The first kappa shape index (κ1) is 28.6. The maximum atomic E-state index is 13.5. The lowest BCUT2D eigenvalue weighted by atomic mass is 10.1. The second-order valence-corrected chi connectivity index (χ2v) is 12.3. The molecule has 2 aliphatic rings. The van der Waals surface area contributed by atoms with Gasteiger partial charge in [0.1, 0.15) is 6.04 Å². The lowest BCUT2D eigenvalue weighted by Gasteiger charge is -2.29. The number of carbonyl (C=O) groups excluding carboxylic acids is 2. The molecule has 0 spiro atoms. The molecule has 5 rings (SSSR count). The van der Waals surface area contributed by atoms with Crippen LogP contribution in [0.2, 0.25) is 0 Å². The fraction of sp³-hybridized carbons (Fsp3) is 0.355. The molecule has 0 bridgehead atoms. The Morgan fingerprint density at radius 2 is 1.59 bits per heavy atom. The van der Waals surface area contributed by atoms with E-state index in [0.717, 1.165) is 29.5 Å². The minimum absolute atomic E-state index is 0.159. The monoisotopic (exact) mass is 577 g/mol. The van der Waals surface area contributed by atoms with E-state index in [1.54, 1.807) is 36.1 Å². The van der Waals surface area contributed by atoms with Crippen molar-refractivity contribution in [2.75, 3.05) is 19.9 Å². The van der Waals surface area contributed by atoms with Crippen LogP contribution >= 0.6 is 0 Å². The van der Waals surface area contributed by atoms with Crippen LogP contribution in [-0.4, -0.2) is 55.4 Å². The number of rotatable bonds is 11. The summed E-state index contributed by atoms with van der Waals surface area (Å²) in [6, 6.07) is 21.1. The largest absolute Gasteiger partial charge is 0.454 e. The van der Waals surface area contributed by atoms with Crippen LogP contribution in [-0.2, 0) is 39.1 Å². The van der Waals surface area contributed by atoms with Crippen LogP contribution in [0.1, 0.15) is 42.9 Å². The van der Waals surface area contributed by atoms with Gasteiger partial charge in [-0.1, -0.05) is 48.5 Å². The van der Waals surface area contributed by atoms with Gasteiger partial charge in [-0.05, 0) is 67.1 Å². The zero-order valence-electron chi connectivity index (χ0n) is 23.1. The van der Waals surface area contributed by atoms with Crippen molar-refractivity contribution in [3.63, 3.8) is 0 Å². The van der Waals surface area contributed by atoms with E-state index in [1.165, 1.54) is 4.31 Å². The van der Waals surface area contributed by atoms with Crippen LogP contribution in [0.15, 0.2) is 77.7 Å². The Hall–Kier alpha value is -3.89. The van der Waals surface area contributed by atoms with Crippen LogP contribution in [0.5, 0.6) is 11.5 Å². The van der Waals surface area contributed by atoms with E-state index in [0.29, 0.717) is 44.1 Å². The molecule has 1 fully saturated rings. The molecule has 2 heterocycles. The van der Waals surface area contributed by atoms with E-state index in [1.807, 2.05) is 48.5 Å². The Morgan fingerprint density at radius 3 is 2.32 bits per heavy atom. The highest BCUT2D eigenvalue weighted by molar-refractivity contribution is 7.89. The summed E-state index contributed by atoms with van der Waals surface area (Å²) in [5, 5.41) is 2.94. The van der Waals surface area contributed by atoms with Crippen LogP contribution in [0, 0.1) is 0 Å². The molecule has 10 heteroatoms. The van der Waals surface area contributed by atoms with Gasteiger partial charge in [0.15, 0.2) is 11.5 Å². The van der Waals surface area contributed by atoms with Crippen molar-refractivity contribution in [2.24, 2.45) is 0 Å². The van der Waals surface area contributed by atoms with Crippen LogP contribution in [0.4, 0.5) is 0 Å². The number of ether oxygens (including phenoxy) is 2. The molecule has 3 aromatic rings. The second kappa shape index (κ2) is 12.7. The summed E-state index contributed by atoms with van der Waals surface area (Å²) in [5.41, 5.74) is 2.65. The number of sulfonamides is 1. The van der Waals surface area contributed by atoms with Crippen molar-refractivity contribution in [1.29, 1.82) is 0 Å². The number of nitrogens with zero attached hydrogens (tertiary/aromatic N) is 2. The minimum Gasteiger partial charge on any atom is -0.454 e. The van der Waals surface area contributed by atoms with Gasteiger partial charge in [-0.15, -0.1) is 0 Å². The average molecular weight is 578 g/mol. The molecule has 9 nitrogen and oxygen atoms in total. The molecule has 1 atom stereocenters. The van der Waals surface area contributed by atoms with Crippen LogP contribution < -0.4 is 14.8 Å². The quantitative estimate of drug-likeness (QED) is 0.371. The SMILES string of the molecule is C[C@H](C(=O)NCc1ccc2c(c1)OCO2)N(Cc1ccccc1)C(=O)CCc1ccc(S(=O)(=O)N2CCCC2)cc1. The zero-order chi connectivity index (χ0) is 28.8. The van der Waals surface area contributed by atoms with E-state index in [2.05, 4.69) is 5.32 Å². The van der Waals surface area contributed by atoms with E-state index >= 15 is 0 Å². The van der Waals surface area contributed by atoms with Gasteiger partial charge < -0.3 is 19.7 Å². The lowest BCUT2D eigenvalue weighted by molar-refractivity contribution is -0.140. The third-order valence-corrected chi connectivity index (χ3v) is 9.43. The summed E-state index contributed by atoms with van der Waals surface area (Å²) in [4.78, 5) is 28.5. The molecule has 2 amide bonds. The number of benzene rings is 3. The summed E-state index contributed by atoms with van der Waals surface area (Å²) in [6.45, 7) is 3.61. The number of aryl methyl sites for hydroxylation is 1. The van der Waals surface area contributed by atoms with Crippen molar-refractivity contribution in [3.8, 4) is 11.5 Å². The summed E-state index contributed by atoms with van der Waals surface area (Å²) < 4.78 is 37.9. The van der Waals surface area contributed by atoms with Gasteiger partial charge in [-0.25, -0.2) is 8.42 Å². The molecule has 41 heavy (non-hydrogen) atoms. The van der Waals surface area contributed by atoms with Gasteiger partial charge in [-0.2, -0.15) is 4.31 Å². The Labute approximate surface area is 241 Å². The topological polar surface area (TPSA) is 105 Å². The smallest absolute Gasteiger partial charge is 0.243 e. The van der Waals surface area contributed by atoms with Crippen LogP contribution in [0.3, 0.4) is 0 Å². The highest BCUT2D eigenvalue weighted by Gasteiger charge is 2.28. The molecule has 1 N–H and O–H groups in total. The van der Waals surface area contributed by atoms with Crippen molar-refractivity contribution < 1.29 is 27.5 Å². The number of hydrogen-bond acceptors (Lipinski definition) is 6. The number of carbonyl (C=O) groups is 2. The highest BCUT2D eigenvalue weighted by atomic mass is 32.2. The van der Waals surface area contributed by atoms with Crippen molar-refractivity contribution in [2.45, 2.75) is 56.6 Å². The predicted octanol–water partition coefficient (Wildman–Crippen LogP) is 3.87. The molecule has 0 aliphatic carbocycles. The second-order valence-electron chi connectivity index (χ2n) is 10.3. The molecule has 0 unspecified atom stereocenters. The third-order valence-electron chi connectivity index (χ3n) is 7.52. The number of hydrogen-bond donors (Lipinski definition) is 1. The van der Waals surface area contributed by atoms with E-state index in [-0.39, 0.29) is 29.9 Å². The van der Waals surface area contributed by atoms with Crippen molar-refractivity contribution >= 4 is 21.8 Å². The van der Waals surface area contributed by atoms with E-state index in [9.17, 15) is 18.0 Å². The number of fused-ring (bicyclic) bond motifs is 1. The maximum absolute atomic E-state index is 13.5. The summed E-state index contributed by atoms with van der Waals surface area (Å²) in [5.74, 6) is 0.903. The molecule has 216 valence electrons. The van der Waals surface area contributed by atoms with Gasteiger partial charge in [0.05, 0.1) is 4.90 Å². The average Bonchev–Trinajstić information content (AvgIpc) is 3.71. The molecule has 3 aromatic carbocycles. The predicted molar refractivity (Wildman–Crippen MR) is 154 cm³/mol. The molecular formula is C31H35N3O6S. The molecule has 0 saturated carbocycles. The standard InChI is InChI=1S/C31H35N3O6S/c1-23(31(36)32-20-26-11-15-28-29(19-26)40-22-39-28)34(21-25-7-3-2-4-8-25)30(35)16-12-24-9-13-27(14-10-24)41(37,38)33-17-5-6-18-33/h2-4,7-11,13-15,19,23H,5-6,12,16-18,20-22H2,1H3,(H,32,36)/t23-/m1/s1. The van der Waals surface area contributed by atoms with E-state index < -0.39 is 16.1 Å². The Kier molecular flexibility index (Phi) is 8.90. The van der Waals surface area contributed by atoms with Gasteiger partial charge in [0, 0.05) is 32.6 Å². The fourth-order valence-corrected chi connectivity index (χ4v) is 6.57. The number of nitrogens with one attached hydrogen (secondary N) is 1. The first-order chi connectivity index (χ1) is 19.8. The van der Waals surface area contributed by atoms with Crippen molar-refractivity contribution in [3.05, 3.63) is 89.5 Å². The normalized spacial score (nSPS) is 15.4. The lowest BCUT2D eigenvalue weighted by Crippen LogP contribution is -2.47. The fourth-order valence-electron chi connectivity index (χ4n) is 5.05. The van der Waals surface area contributed by atoms with Gasteiger partial charge >= 0.3 is 0 Å². The highest BCUT2D eigenvalue weighted by Crippen LogP contribution is 2.32. The third kappa shape index (κ3) is 6.89. The van der Waals surface area contributed by atoms with Crippen LogP contribution in [0.25, 0.3) is 0 Å². The summed E-state index contributed by atoms with van der Waals surface area (Å²) >= 11 is 0. The van der Waals surface area contributed by atoms with Crippen molar-refractivity contribution in [1.82, 2.24) is 14.5 Å². The van der Waals surface area contributed by atoms with Gasteiger partial charge in [0.2, 0.25) is 28.6 Å². The zero-order valence-corrected chi connectivity index (χ0v) is 23.9. The Balaban J connectivity index is 1.22. The molecule has 2 aliphatic heterocycles. The number of amides is 2. The molecular weight excluding hydrogens is 542 g/mol. The first-order valence-electron chi connectivity index (χ1n) is 13.9. The summed E-state index contributed by atoms with van der Waals surface area (Å²) in [7, 11) is -3.48. The summed E-state index contributed by atoms with van der Waals surface area (Å²) in [6.07, 6.45) is 2.38. The Bertz CT molecular complexity index is 1470.